The second kappa shape index (κ2) is 11.0. The topological polar surface area (TPSA) is 57.5 Å². The van der Waals surface area contributed by atoms with Gasteiger partial charge in [-0.15, -0.1) is 0 Å². The molecule has 0 bridgehead atoms. The summed E-state index contributed by atoms with van der Waals surface area (Å²) in [6.45, 7) is 5.43. The van der Waals surface area contributed by atoms with Crippen LogP contribution in [-0.4, -0.2) is 59.7 Å². The maximum Gasteiger partial charge on any atom is 0.231 e. The second-order valence-electron chi connectivity index (χ2n) is 8.97. The van der Waals surface area contributed by atoms with Crippen molar-refractivity contribution in [3.63, 3.8) is 0 Å². The highest BCUT2D eigenvalue weighted by Crippen LogP contribution is 2.33. The molecule has 1 atom stereocenters. The number of rotatable bonds is 3. The first-order chi connectivity index (χ1) is 14.8. The molecular formula is C24H37N3O3. The van der Waals surface area contributed by atoms with Crippen molar-refractivity contribution in [2.75, 3.05) is 33.0 Å². The Kier molecular flexibility index (Phi) is 7.87. The maximum absolute atomic E-state index is 9.75. The van der Waals surface area contributed by atoms with Crippen molar-refractivity contribution in [3.8, 4) is 11.5 Å². The summed E-state index contributed by atoms with van der Waals surface area (Å²) in [4.78, 5) is 5.08. The average Bonchev–Trinajstić information content (AvgIpc) is 3.23. The standard InChI is InChI=1S/C24H37N3O3/c28-25-21-9-7-5-3-1-2-4-6-8-10-22(21)27-15-13-26(14-16-27)18-20-11-12-23-24(17-20)30-19-29-23/h11-12,17,22,28H,1-10,13-16,18-19H2/b25-21-. The highest BCUT2D eigenvalue weighted by atomic mass is 16.7. The number of nitrogens with zero attached hydrogens (tertiary/aromatic N) is 3. The summed E-state index contributed by atoms with van der Waals surface area (Å²) < 4.78 is 10.9. The lowest BCUT2D eigenvalue weighted by atomic mass is 9.95. The monoisotopic (exact) mass is 415 g/mol. The van der Waals surface area contributed by atoms with Crippen LogP contribution in [0.2, 0.25) is 0 Å². The van der Waals surface area contributed by atoms with Crippen molar-refractivity contribution in [2.45, 2.75) is 76.8 Å². The molecule has 1 aliphatic carbocycles. The number of piperazine rings is 1. The van der Waals surface area contributed by atoms with Crippen LogP contribution in [0.15, 0.2) is 23.4 Å². The van der Waals surface area contributed by atoms with Gasteiger partial charge in [-0.2, -0.15) is 0 Å². The van der Waals surface area contributed by atoms with Crippen molar-refractivity contribution >= 4 is 5.71 Å². The van der Waals surface area contributed by atoms with E-state index in [1.165, 1.54) is 50.5 Å². The third kappa shape index (κ3) is 5.67. The zero-order valence-electron chi connectivity index (χ0n) is 18.2. The lowest BCUT2D eigenvalue weighted by molar-refractivity contribution is 0.107. The molecule has 2 fully saturated rings. The summed E-state index contributed by atoms with van der Waals surface area (Å²) in [7, 11) is 0. The SMILES string of the molecule is O/N=C1/CCCCCCCCCCC1N1CCN(Cc2ccc3c(c2)OCO3)CC1. The van der Waals surface area contributed by atoms with Crippen LogP contribution in [-0.2, 0) is 6.54 Å². The summed E-state index contributed by atoms with van der Waals surface area (Å²) in [5.41, 5.74) is 2.29. The smallest absolute Gasteiger partial charge is 0.231 e. The zero-order valence-corrected chi connectivity index (χ0v) is 18.2. The van der Waals surface area contributed by atoms with Crippen molar-refractivity contribution in [2.24, 2.45) is 5.16 Å². The Morgan fingerprint density at radius 1 is 0.867 bits per heavy atom. The number of ether oxygens (including phenoxy) is 2. The third-order valence-corrected chi connectivity index (χ3v) is 6.86. The molecule has 2 aliphatic heterocycles. The van der Waals surface area contributed by atoms with Gasteiger partial charge in [0.25, 0.3) is 0 Å². The quantitative estimate of drug-likeness (QED) is 0.575. The van der Waals surface area contributed by atoms with Crippen LogP contribution >= 0.6 is 0 Å². The predicted octanol–water partition coefficient (Wildman–Crippen LogP) is 4.65. The molecule has 1 saturated carbocycles. The fraction of sp³-hybridized carbons (Fsp3) is 0.708. The Morgan fingerprint density at radius 2 is 1.57 bits per heavy atom. The highest BCUT2D eigenvalue weighted by Gasteiger charge is 2.28. The minimum atomic E-state index is 0.308. The van der Waals surface area contributed by atoms with E-state index in [0.29, 0.717) is 12.8 Å². The molecule has 3 aliphatic rings. The van der Waals surface area contributed by atoms with Gasteiger partial charge < -0.3 is 14.7 Å². The number of hydrogen-bond acceptors (Lipinski definition) is 6. The number of fused-ring (bicyclic) bond motifs is 1. The van der Waals surface area contributed by atoms with Crippen LogP contribution in [0.4, 0.5) is 0 Å². The zero-order chi connectivity index (χ0) is 20.6. The van der Waals surface area contributed by atoms with E-state index in [4.69, 9.17) is 9.47 Å². The van der Waals surface area contributed by atoms with E-state index < -0.39 is 0 Å². The van der Waals surface area contributed by atoms with Crippen molar-refractivity contribution in [1.29, 1.82) is 0 Å². The molecule has 0 aromatic heterocycles. The molecule has 2 heterocycles. The number of benzene rings is 1. The van der Waals surface area contributed by atoms with Gasteiger partial charge in [-0.25, -0.2) is 0 Å². The van der Waals surface area contributed by atoms with Crippen molar-refractivity contribution < 1.29 is 14.7 Å². The van der Waals surface area contributed by atoms with Crippen LogP contribution in [0.3, 0.4) is 0 Å². The van der Waals surface area contributed by atoms with Crippen LogP contribution in [0.5, 0.6) is 11.5 Å². The van der Waals surface area contributed by atoms with Crippen LogP contribution in [0.1, 0.15) is 69.8 Å². The lowest BCUT2D eigenvalue weighted by Gasteiger charge is -2.39. The van der Waals surface area contributed by atoms with Gasteiger partial charge in [0.1, 0.15) is 0 Å². The number of oxime groups is 1. The molecule has 1 unspecified atom stereocenters. The van der Waals surface area contributed by atoms with Crippen LogP contribution < -0.4 is 9.47 Å². The highest BCUT2D eigenvalue weighted by molar-refractivity contribution is 5.89. The molecule has 30 heavy (non-hydrogen) atoms. The molecule has 6 nitrogen and oxygen atoms in total. The Balaban J connectivity index is 1.32. The van der Waals surface area contributed by atoms with Gasteiger partial charge in [-0.3, -0.25) is 9.80 Å². The Labute approximate surface area is 180 Å². The molecule has 0 amide bonds. The molecule has 1 N–H and O–H groups in total. The van der Waals surface area contributed by atoms with Gasteiger partial charge in [0, 0.05) is 32.7 Å². The Morgan fingerprint density at radius 3 is 2.33 bits per heavy atom. The van der Waals surface area contributed by atoms with Gasteiger partial charge in [0.2, 0.25) is 6.79 Å². The Bertz CT molecular complexity index is 701. The molecule has 1 aromatic rings. The van der Waals surface area contributed by atoms with E-state index >= 15 is 0 Å². The molecule has 166 valence electrons. The largest absolute Gasteiger partial charge is 0.454 e. The molecule has 4 rings (SSSR count). The van der Waals surface area contributed by atoms with Crippen molar-refractivity contribution in [1.82, 2.24) is 9.80 Å². The van der Waals surface area contributed by atoms with E-state index in [0.717, 1.165) is 69.2 Å². The minimum absolute atomic E-state index is 0.308. The van der Waals surface area contributed by atoms with E-state index in [1.807, 2.05) is 6.07 Å². The summed E-state index contributed by atoms with van der Waals surface area (Å²) in [6, 6.07) is 6.58. The molecule has 6 heteroatoms. The molecule has 0 radical (unpaired) electrons. The normalized spacial score (nSPS) is 26.3. The van der Waals surface area contributed by atoms with Gasteiger partial charge >= 0.3 is 0 Å². The van der Waals surface area contributed by atoms with E-state index in [9.17, 15) is 5.21 Å². The summed E-state index contributed by atoms with van der Waals surface area (Å²) >= 11 is 0. The van der Waals surface area contributed by atoms with Crippen molar-refractivity contribution in [3.05, 3.63) is 23.8 Å². The van der Waals surface area contributed by atoms with E-state index in [2.05, 4.69) is 27.1 Å². The molecule has 0 spiro atoms. The van der Waals surface area contributed by atoms with E-state index in [-0.39, 0.29) is 0 Å². The Hall–Kier alpha value is -1.79. The fourth-order valence-electron chi connectivity index (χ4n) is 5.08. The third-order valence-electron chi connectivity index (χ3n) is 6.86. The van der Waals surface area contributed by atoms with Crippen LogP contribution in [0.25, 0.3) is 0 Å². The first-order valence-corrected chi connectivity index (χ1v) is 11.9. The average molecular weight is 416 g/mol. The predicted molar refractivity (Wildman–Crippen MR) is 119 cm³/mol. The number of hydrogen-bond donors (Lipinski definition) is 1. The first-order valence-electron chi connectivity index (χ1n) is 11.9. The molecule has 1 aromatic carbocycles. The molecular weight excluding hydrogens is 378 g/mol. The van der Waals surface area contributed by atoms with Gasteiger partial charge in [-0.05, 0) is 37.0 Å². The second-order valence-corrected chi connectivity index (χ2v) is 8.97. The summed E-state index contributed by atoms with van der Waals surface area (Å²) in [5, 5.41) is 13.5. The summed E-state index contributed by atoms with van der Waals surface area (Å²) in [6.07, 6.45) is 12.4. The fourth-order valence-corrected chi connectivity index (χ4v) is 5.08. The van der Waals surface area contributed by atoms with Gasteiger partial charge in [0.15, 0.2) is 11.5 Å². The minimum Gasteiger partial charge on any atom is -0.454 e. The first kappa shape index (κ1) is 21.4. The summed E-state index contributed by atoms with van der Waals surface area (Å²) in [5.74, 6) is 1.71. The van der Waals surface area contributed by atoms with Crippen LogP contribution in [0, 0.1) is 0 Å². The molecule has 1 saturated heterocycles. The van der Waals surface area contributed by atoms with Gasteiger partial charge in [-0.1, -0.05) is 56.2 Å². The van der Waals surface area contributed by atoms with Gasteiger partial charge in [0.05, 0.1) is 11.8 Å². The van der Waals surface area contributed by atoms with E-state index in [1.54, 1.807) is 0 Å². The maximum atomic E-state index is 9.75. The lowest BCUT2D eigenvalue weighted by Crippen LogP contribution is -2.52.